The predicted molar refractivity (Wildman–Crippen MR) is 145 cm³/mol. The number of benzene rings is 1. The molecule has 0 fully saturated rings. The summed E-state index contributed by atoms with van der Waals surface area (Å²) in [6.07, 6.45) is 6.48. The van der Waals surface area contributed by atoms with E-state index < -0.39 is 12.0 Å². The summed E-state index contributed by atoms with van der Waals surface area (Å²) in [7, 11) is 0. The van der Waals surface area contributed by atoms with Crippen molar-refractivity contribution in [3.63, 3.8) is 0 Å². The molecule has 1 atom stereocenters. The van der Waals surface area contributed by atoms with Gasteiger partial charge in [0.2, 0.25) is 5.95 Å². The number of amides is 1. The van der Waals surface area contributed by atoms with Crippen LogP contribution in [0.15, 0.2) is 49.1 Å². The smallest absolute Gasteiger partial charge is 0.322 e. The van der Waals surface area contributed by atoms with Crippen molar-refractivity contribution in [2.45, 2.75) is 52.2 Å². The van der Waals surface area contributed by atoms with Gasteiger partial charge in [-0.05, 0) is 30.2 Å². The van der Waals surface area contributed by atoms with Gasteiger partial charge >= 0.3 is 5.97 Å². The third-order valence-corrected chi connectivity index (χ3v) is 7.12. The molecule has 1 amide bonds. The third-order valence-electron chi connectivity index (χ3n) is 5.69. The van der Waals surface area contributed by atoms with Crippen LogP contribution in [-0.4, -0.2) is 47.8 Å². The molecule has 0 radical (unpaired) electrons. The normalized spacial score (nSPS) is 12.2. The number of anilines is 2. The van der Waals surface area contributed by atoms with Crippen LogP contribution < -0.4 is 16.4 Å². The van der Waals surface area contributed by atoms with Crippen molar-refractivity contribution in [2.24, 2.45) is 5.73 Å². The summed E-state index contributed by atoms with van der Waals surface area (Å²) in [6, 6.07) is 6.71. The van der Waals surface area contributed by atoms with Crippen molar-refractivity contribution in [1.82, 2.24) is 30.0 Å². The van der Waals surface area contributed by atoms with Gasteiger partial charge in [-0.15, -0.1) is 11.3 Å². The number of hydrogen-bond acceptors (Lipinski definition) is 9. The number of aromatic nitrogens is 5. The Kier molecular flexibility index (Phi) is 7.83. The molecule has 4 aromatic rings. The van der Waals surface area contributed by atoms with Gasteiger partial charge in [0.25, 0.3) is 5.91 Å². The number of carboxylic acids is 1. The molecular weight excluding hydrogens is 504 g/mol. The molecule has 11 nitrogen and oxygen atoms in total. The van der Waals surface area contributed by atoms with E-state index in [1.807, 2.05) is 31.2 Å². The van der Waals surface area contributed by atoms with Gasteiger partial charge in [-0.1, -0.05) is 32.9 Å². The molecule has 0 aliphatic heterocycles. The lowest BCUT2D eigenvalue weighted by molar-refractivity contribution is -0.138. The van der Waals surface area contributed by atoms with Crippen LogP contribution in [-0.2, 0) is 23.3 Å². The van der Waals surface area contributed by atoms with E-state index >= 15 is 0 Å². The number of nitrogens with one attached hydrogen (secondary N) is 2. The fourth-order valence-electron chi connectivity index (χ4n) is 3.56. The molecule has 0 bridgehead atoms. The van der Waals surface area contributed by atoms with Crippen LogP contribution in [0.25, 0.3) is 11.3 Å². The maximum atomic E-state index is 12.6. The lowest BCUT2D eigenvalue weighted by Gasteiger charge is -2.13. The Labute approximate surface area is 224 Å². The monoisotopic (exact) mass is 534 g/mol. The largest absolute Gasteiger partial charge is 0.480 e. The Morgan fingerprint density at radius 2 is 1.97 bits per heavy atom. The van der Waals surface area contributed by atoms with Gasteiger partial charge in [0.05, 0.1) is 35.3 Å². The predicted octanol–water partition coefficient (Wildman–Crippen LogP) is 3.49. The highest BCUT2D eigenvalue weighted by Gasteiger charge is 2.20. The van der Waals surface area contributed by atoms with E-state index in [9.17, 15) is 9.59 Å². The molecule has 1 aromatic carbocycles. The number of nitrogens with zero attached hydrogens (tertiary/aromatic N) is 5. The molecule has 38 heavy (non-hydrogen) atoms. The highest BCUT2D eigenvalue weighted by Crippen LogP contribution is 2.27. The molecule has 3 aromatic heterocycles. The molecule has 0 spiro atoms. The van der Waals surface area contributed by atoms with Crippen molar-refractivity contribution < 1.29 is 14.7 Å². The van der Waals surface area contributed by atoms with Gasteiger partial charge in [-0.2, -0.15) is 5.10 Å². The van der Waals surface area contributed by atoms with Crippen LogP contribution in [0.1, 0.15) is 46.6 Å². The molecule has 0 unspecified atom stereocenters. The van der Waals surface area contributed by atoms with Crippen LogP contribution in [0.4, 0.5) is 11.6 Å². The number of carboxylic acid groups (broad SMARTS) is 1. The highest BCUT2D eigenvalue weighted by molar-refractivity contribution is 7.13. The van der Waals surface area contributed by atoms with Crippen LogP contribution in [0.2, 0.25) is 0 Å². The SMILES string of the molecule is Cc1cc(-c2ccnc(Nc3cnn(C[C@H](N)C(=O)O)c3)n2)ccc1CNC(=O)c1cnc(C(C)(C)C)s1. The molecule has 12 heteroatoms. The highest BCUT2D eigenvalue weighted by atomic mass is 32.1. The fraction of sp³-hybridized carbons (Fsp3) is 0.308. The molecule has 5 N–H and O–H groups in total. The van der Waals surface area contributed by atoms with Gasteiger partial charge in [-0.3, -0.25) is 14.3 Å². The number of aryl methyl sites for hydroxylation is 1. The minimum atomic E-state index is -1.09. The quantitative estimate of drug-likeness (QED) is 0.252. The van der Waals surface area contributed by atoms with Crippen LogP contribution in [0.3, 0.4) is 0 Å². The average Bonchev–Trinajstić information content (AvgIpc) is 3.53. The fourth-order valence-corrected chi connectivity index (χ4v) is 4.45. The van der Waals surface area contributed by atoms with E-state index in [2.05, 4.69) is 51.5 Å². The molecule has 4 rings (SSSR count). The van der Waals surface area contributed by atoms with Gasteiger partial charge in [0.15, 0.2) is 0 Å². The second kappa shape index (κ2) is 11.1. The third kappa shape index (κ3) is 6.58. The Morgan fingerprint density at radius 1 is 1.18 bits per heavy atom. The first-order valence-electron chi connectivity index (χ1n) is 11.9. The van der Waals surface area contributed by atoms with E-state index in [1.165, 1.54) is 16.0 Å². The van der Waals surface area contributed by atoms with E-state index in [0.717, 1.165) is 27.4 Å². The second-order valence-electron chi connectivity index (χ2n) is 9.89. The Hall–Kier alpha value is -4.16. The van der Waals surface area contributed by atoms with Gasteiger partial charge in [0, 0.05) is 29.9 Å². The zero-order valence-electron chi connectivity index (χ0n) is 21.6. The molecule has 0 aliphatic carbocycles. The standard InChI is InChI=1S/C26H30N8O3S/c1-15-9-16(5-6-17(15)10-29-22(35)21-12-30-24(38-21)26(2,3)4)20-7-8-28-25(33-20)32-18-11-31-34(13-18)14-19(27)23(36)37/h5-9,11-13,19H,10,14,27H2,1-4H3,(H,29,35)(H,36,37)(H,28,32,33)/t19-/m0/s1. The maximum absolute atomic E-state index is 12.6. The van der Waals surface area contributed by atoms with E-state index in [0.29, 0.717) is 23.1 Å². The first kappa shape index (κ1) is 26.9. The molecule has 198 valence electrons. The van der Waals surface area contributed by atoms with E-state index in [4.69, 9.17) is 10.8 Å². The Bertz CT molecular complexity index is 1460. The zero-order chi connectivity index (χ0) is 27.4. The first-order valence-corrected chi connectivity index (χ1v) is 12.8. The van der Waals surface area contributed by atoms with Gasteiger partial charge in [0.1, 0.15) is 10.9 Å². The van der Waals surface area contributed by atoms with Crippen molar-refractivity contribution in [3.05, 3.63) is 70.1 Å². The van der Waals surface area contributed by atoms with Crippen molar-refractivity contribution in [3.8, 4) is 11.3 Å². The molecule has 0 saturated heterocycles. The summed E-state index contributed by atoms with van der Waals surface area (Å²) in [5.41, 5.74) is 9.73. The van der Waals surface area contributed by atoms with Crippen molar-refractivity contribution in [1.29, 1.82) is 0 Å². The van der Waals surface area contributed by atoms with Crippen LogP contribution in [0.5, 0.6) is 0 Å². The summed E-state index contributed by atoms with van der Waals surface area (Å²) >= 11 is 1.42. The van der Waals surface area contributed by atoms with Gasteiger partial charge < -0.3 is 21.5 Å². The molecular formula is C26H30N8O3S. The lowest BCUT2D eigenvalue weighted by atomic mass is 9.98. The number of thiazole rings is 1. The minimum absolute atomic E-state index is 0.0478. The number of carbonyl (C=O) groups is 2. The van der Waals surface area contributed by atoms with E-state index in [-0.39, 0.29) is 17.9 Å². The molecule has 0 saturated carbocycles. The van der Waals surface area contributed by atoms with Crippen LogP contribution in [0, 0.1) is 6.92 Å². The minimum Gasteiger partial charge on any atom is -0.480 e. The molecule has 3 heterocycles. The average molecular weight is 535 g/mol. The van der Waals surface area contributed by atoms with Gasteiger partial charge in [-0.25, -0.2) is 15.0 Å². The number of hydrogen-bond donors (Lipinski definition) is 4. The summed E-state index contributed by atoms with van der Waals surface area (Å²) in [6.45, 7) is 8.66. The second-order valence-corrected chi connectivity index (χ2v) is 10.9. The topological polar surface area (TPSA) is 161 Å². The van der Waals surface area contributed by atoms with Crippen molar-refractivity contribution >= 4 is 34.8 Å². The number of rotatable bonds is 9. The number of carbonyl (C=O) groups excluding carboxylic acids is 1. The Morgan fingerprint density at radius 3 is 2.66 bits per heavy atom. The summed E-state index contributed by atoms with van der Waals surface area (Å²) < 4.78 is 1.45. The number of nitrogens with two attached hydrogens (primary N) is 1. The molecule has 0 aliphatic rings. The lowest BCUT2D eigenvalue weighted by Crippen LogP contribution is -2.34. The first-order chi connectivity index (χ1) is 18.0. The van der Waals surface area contributed by atoms with E-state index in [1.54, 1.807) is 24.8 Å². The van der Waals surface area contributed by atoms with Crippen LogP contribution >= 0.6 is 11.3 Å². The number of aliphatic carboxylic acids is 1. The summed E-state index contributed by atoms with van der Waals surface area (Å²) in [5.74, 6) is -0.858. The Balaban J connectivity index is 1.40. The zero-order valence-corrected chi connectivity index (χ0v) is 22.4. The van der Waals surface area contributed by atoms with Crippen molar-refractivity contribution in [2.75, 3.05) is 5.32 Å². The maximum Gasteiger partial charge on any atom is 0.322 e. The summed E-state index contributed by atoms with van der Waals surface area (Å²) in [5, 5.41) is 20.1. The summed E-state index contributed by atoms with van der Waals surface area (Å²) in [4.78, 5) is 37.4.